The molecular weight excluding hydrogens is 606 g/mol. The second-order valence-electron chi connectivity index (χ2n) is 13.0. The van der Waals surface area contributed by atoms with E-state index >= 15 is 0 Å². The van der Waals surface area contributed by atoms with Crippen LogP contribution in [0.1, 0.15) is 70.9 Å². The Hall–Kier alpha value is -4.44. The molecule has 0 N–H and O–H groups in total. The van der Waals surface area contributed by atoms with Gasteiger partial charge in [-0.2, -0.15) is 0 Å². The largest absolute Gasteiger partial charge is 0.444 e. The van der Waals surface area contributed by atoms with Crippen LogP contribution in [0.4, 0.5) is 4.79 Å². The molecule has 0 saturated heterocycles. The standard InChI is InChI=1S/C35H38ClN5O5/c1-20-22(15-29(42)32-37-26-17-40(14-13-28(26)39(32)6)34(44)46-35(3,4)5)9-7-10-23(20)24-11-8-12-25(21(24)2)33-38-27-18-41(31(43)16-36)19-30(27)45-33/h7-12H,13-19H2,1-6H3. The molecule has 2 amide bonds. The normalized spacial score (nSPS) is 14.3. The molecule has 2 aliphatic rings. The Balaban J connectivity index is 1.22. The van der Waals surface area contributed by atoms with E-state index in [0.717, 1.165) is 50.5 Å². The van der Waals surface area contributed by atoms with Crippen LogP contribution in [0.25, 0.3) is 22.6 Å². The van der Waals surface area contributed by atoms with Crippen LogP contribution in [0, 0.1) is 13.8 Å². The Kier molecular flexibility index (Phi) is 8.27. The zero-order valence-corrected chi connectivity index (χ0v) is 27.8. The number of fused-ring (bicyclic) bond motifs is 2. The van der Waals surface area contributed by atoms with Gasteiger partial charge in [0.25, 0.3) is 0 Å². The fourth-order valence-corrected chi connectivity index (χ4v) is 6.42. The summed E-state index contributed by atoms with van der Waals surface area (Å²) in [7, 11) is 1.87. The van der Waals surface area contributed by atoms with Crippen molar-refractivity contribution in [3.63, 3.8) is 0 Å². The van der Waals surface area contributed by atoms with Gasteiger partial charge in [-0.3, -0.25) is 9.59 Å². The quantitative estimate of drug-likeness (QED) is 0.183. The molecule has 4 aromatic rings. The highest BCUT2D eigenvalue weighted by Gasteiger charge is 2.31. The van der Waals surface area contributed by atoms with Gasteiger partial charge in [-0.1, -0.05) is 30.3 Å². The average molecular weight is 644 g/mol. The maximum atomic E-state index is 13.7. The predicted molar refractivity (Wildman–Crippen MR) is 173 cm³/mol. The van der Waals surface area contributed by atoms with Gasteiger partial charge in [-0.05, 0) is 68.5 Å². The van der Waals surface area contributed by atoms with Gasteiger partial charge in [0.15, 0.2) is 5.82 Å². The van der Waals surface area contributed by atoms with Gasteiger partial charge in [-0.25, -0.2) is 14.8 Å². The van der Waals surface area contributed by atoms with Crippen molar-refractivity contribution < 1.29 is 23.5 Å². The lowest BCUT2D eigenvalue weighted by atomic mass is 9.90. The number of hydrogen-bond acceptors (Lipinski definition) is 7. The number of ketones is 1. The lowest BCUT2D eigenvalue weighted by Gasteiger charge is -2.29. The number of oxazole rings is 1. The minimum absolute atomic E-state index is 0.0688. The van der Waals surface area contributed by atoms with E-state index in [1.807, 2.05) is 70.5 Å². The van der Waals surface area contributed by atoms with Crippen LogP contribution in [0.5, 0.6) is 0 Å². The van der Waals surface area contributed by atoms with Crippen molar-refractivity contribution in [3.05, 3.63) is 81.8 Å². The number of halogens is 1. The molecule has 240 valence electrons. The number of rotatable bonds is 6. The van der Waals surface area contributed by atoms with Crippen molar-refractivity contribution in [3.8, 4) is 22.6 Å². The third kappa shape index (κ3) is 5.93. The molecule has 0 atom stereocenters. The van der Waals surface area contributed by atoms with E-state index < -0.39 is 5.60 Å². The molecule has 0 unspecified atom stereocenters. The third-order valence-corrected chi connectivity index (χ3v) is 8.96. The summed E-state index contributed by atoms with van der Waals surface area (Å²) in [6.07, 6.45) is 0.426. The van der Waals surface area contributed by atoms with Crippen LogP contribution in [-0.4, -0.2) is 60.1 Å². The molecular formula is C35H38ClN5O5. The molecule has 0 aliphatic carbocycles. The van der Waals surface area contributed by atoms with Gasteiger partial charge in [0.05, 0.1) is 25.3 Å². The van der Waals surface area contributed by atoms with Gasteiger partial charge in [0.2, 0.25) is 17.6 Å². The van der Waals surface area contributed by atoms with Gasteiger partial charge >= 0.3 is 6.09 Å². The molecule has 6 rings (SSSR count). The Morgan fingerprint density at radius 3 is 2.28 bits per heavy atom. The maximum Gasteiger partial charge on any atom is 0.410 e. The molecule has 4 heterocycles. The minimum Gasteiger partial charge on any atom is -0.444 e. The Labute approximate surface area is 273 Å². The molecule has 46 heavy (non-hydrogen) atoms. The molecule has 2 aliphatic heterocycles. The highest BCUT2D eigenvalue weighted by atomic mass is 35.5. The minimum atomic E-state index is -0.583. The summed E-state index contributed by atoms with van der Waals surface area (Å²) >= 11 is 5.73. The molecule has 0 bridgehead atoms. The van der Waals surface area contributed by atoms with Crippen molar-refractivity contribution >= 4 is 29.4 Å². The number of aromatic nitrogens is 3. The van der Waals surface area contributed by atoms with E-state index in [2.05, 4.69) is 12.1 Å². The first-order valence-corrected chi connectivity index (χ1v) is 15.9. The van der Waals surface area contributed by atoms with Crippen molar-refractivity contribution in [2.45, 2.75) is 72.7 Å². The van der Waals surface area contributed by atoms with Gasteiger partial charge in [0.1, 0.15) is 22.9 Å². The first-order chi connectivity index (χ1) is 21.8. The SMILES string of the molecule is Cc1c(CC(=O)c2nc3c(n2C)CCN(C(=O)OC(C)(C)C)C3)cccc1-c1cccc(-c2nc3c(o2)CN(C(=O)CCl)C3)c1C. The van der Waals surface area contributed by atoms with Gasteiger partial charge in [0, 0.05) is 37.7 Å². The number of Topliss-reactive ketones (excluding diaryl/α,β-unsaturated/α-hetero) is 1. The molecule has 0 spiro atoms. The summed E-state index contributed by atoms with van der Waals surface area (Å²) in [4.78, 5) is 51.0. The Morgan fingerprint density at radius 2 is 1.59 bits per heavy atom. The number of nitrogens with zero attached hydrogens (tertiary/aromatic N) is 5. The first kappa shape index (κ1) is 31.5. The summed E-state index contributed by atoms with van der Waals surface area (Å²) in [5.74, 6) is 1.31. The van der Waals surface area contributed by atoms with E-state index in [1.54, 1.807) is 9.80 Å². The van der Waals surface area contributed by atoms with Crippen LogP contribution < -0.4 is 0 Å². The number of carbonyl (C=O) groups is 3. The summed E-state index contributed by atoms with van der Waals surface area (Å²) in [6, 6.07) is 12.0. The highest BCUT2D eigenvalue weighted by Crippen LogP contribution is 2.36. The Bertz CT molecular complexity index is 1840. The second kappa shape index (κ2) is 12.1. The maximum absolute atomic E-state index is 13.7. The summed E-state index contributed by atoms with van der Waals surface area (Å²) in [5.41, 5.74) is 7.73. The monoisotopic (exact) mass is 643 g/mol. The van der Waals surface area contributed by atoms with Crippen LogP contribution in [0.2, 0.25) is 0 Å². The topological polar surface area (TPSA) is 111 Å². The molecule has 0 saturated carbocycles. The number of carbonyl (C=O) groups excluding carboxylic acids is 3. The van der Waals surface area contributed by atoms with Crippen LogP contribution in [0.15, 0.2) is 40.8 Å². The number of imidazole rings is 1. The fraction of sp³-hybridized carbons (Fsp3) is 0.400. The molecule has 2 aromatic heterocycles. The van der Waals surface area contributed by atoms with Crippen molar-refractivity contribution in [2.75, 3.05) is 12.4 Å². The molecule has 11 heteroatoms. The van der Waals surface area contributed by atoms with Crippen molar-refractivity contribution in [1.29, 1.82) is 0 Å². The average Bonchev–Trinajstić information content (AvgIpc) is 3.69. The highest BCUT2D eigenvalue weighted by molar-refractivity contribution is 6.27. The van der Waals surface area contributed by atoms with Crippen LogP contribution in [-0.2, 0) is 49.1 Å². The lowest BCUT2D eigenvalue weighted by molar-refractivity contribution is -0.129. The first-order valence-electron chi connectivity index (χ1n) is 15.4. The fourth-order valence-electron chi connectivity index (χ4n) is 6.25. The number of hydrogen-bond donors (Lipinski definition) is 0. The van der Waals surface area contributed by atoms with Gasteiger partial charge in [-0.15, -0.1) is 11.6 Å². The summed E-state index contributed by atoms with van der Waals surface area (Å²) in [6.45, 7) is 11.2. The number of amides is 2. The van der Waals surface area contributed by atoms with E-state index in [4.69, 9.17) is 30.7 Å². The Morgan fingerprint density at radius 1 is 0.913 bits per heavy atom. The second-order valence-corrected chi connectivity index (χ2v) is 13.2. The summed E-state index contributed by atoms with van der Waals surface area (Å²) < 4.78 is 13.5. The van der Waals surface area contributed by atoms with Crippen LogP contribution >= 0.6 is 11.6 Å². The van der Waals surface area contributed by atoms with Crippen molar-refractivity contribution in [2.24, 2.45) is 7.05 Å². The molecule has 2 aromatic carbocycles. The lowest BCUT2D eigenvalue weighted by Crippen LogP contribution is -2.40. The van der Waals surface area contributed by atoms with E-state index in [0.29, 0.717) is 50.1 Å². The van der Waals surface area contributed by atoms with E-state index in [9.17, 15) is 14.4 Å². The molecule has 0 fully saturated rings. The smallest absolute Gasteiger partial charge is 0.410 e. The zero-order chi connectivity index (χ0) is 32.9. The zero-order valence-electron chi connectivity index (χ0n) is 27.1. The van der Waals surface area contributed by atoms with Crippen LogP contribution in [0.3, 0.4) is 0 Å². The van der Waals surface area contributed by atoms with E-state index in [1.165, 1.54) is 0 Å². The third-order valence-electron chi connectivity index (χ3n) is 8.73. The van der Waals surface area contributed by atoms with Gasteiger partial charge < -0.3 is 23.5 Å². The molecule has 0 radical (unpaired) electrons. The predicted octanol–water partition coefficient (Wildman–Crippen LogP) is 6.16. The number of alkyl halides is 1. The summed E-state index contributed by atoms with van der Waals surface area (Å²) in [5, 5.41) is 0. The van der Waals surface area contributed by atoms with Crippen molar-refractivity contribution in [1.82, 2.24) is 24.3 Å². The number of benzene rings is 2. The number of ether oxygens (including phenoxy) is 1. The molecule has 10 nitrogen and oxygen atoms in total. The van der Waals surface area contributed by atoms with E-state index in [-0.39, 0.29) is 30.1 Å².